The number of aliphatic hydroxyl groups excluding tert-OH is 1. The summed E-state index contributed by atoms with van der Waals surface area (Å²) in [5, 5.41) is 10.4. The summed E-state index contributed by atoms with van der Waals surface area (Å²) in [6.07, 6.45) is 1.27. The molecule has 0 fully saturated rings. The minimum Gasteiger partial charge on any atom is -0.389 e. The number of rotatable bonds is 3. The first kappa shape index (κ1) is 15.1. The SMILES string of the molecule is C[C@@H](O)c1ccc(Sc2ccc(C(C)(C)C)cc2)nc1. The number of pyridine rings is 1. The molecule has 3 heteroatoms. The third-order valence-corrected chi connectivity index (χ3v) is 4.14. The van der Waals surface area contributed by atoms with Crippen molar-refractivity contribution in [3.05, 3.63) is 53.7 Å². The first-order valence-electron chi connectivity index (χ1n) is 6.79. The van der Waals surface area contributed by atoms with Crippen molar-refractivity contribution in [3.8, 4) is 0 Å². The van der Waals surface area contributed by atoms with E-state index in [4.69, 9.17) is 0 Å². The molecule has 2 nitrogen and oxygen atoms in total. The van der Waals surface area contributed by atoms with Gasteiger partial charge >= 0.3 is 0 Å². The molecule has 20 heavy (non-hydrogen) atoms. The Balaban J connectivity index is 2.10. The van der Waals surface area contributed by atoms with Crippen molar-refractivity contribution in [2.24, 2.45) is 0 Å². The monoisotopic (exact) mass is 287 g/mol. The van der Waals surface area contributed by atoms with Crippen LogP contribution in [0.15, 0.2) is 52.5 Å². The average Bonchev–Trinajstić information content (AvgIpc) is 2.39. The third kappa shape index (κ3) is 3.84. The number of benzene rings is 1. The van der Waals surface area contributed by atoms with Gasteiger partial charge in [-0.15, -0.1) is 0 Å². The van der Waals surface area contributed by atoms with Gasteiger partial charge in [-0.05, 0) is 41.7 Å². The Labute approximate surface area is 125 Å². The summed E-state index contributed by atoms with van der Waals surface area (Å²) in [4.78, 5) is 5.55. The van der Waals surface area contributed by atoms with Gasteiger partial charge in [-0.3, -0.25) is 0 Å². The topological polar surface area (TPSA) is 33.1 Å². The maximum Gasteiger partial charge on any atom is 0.101 e. The lowest BCUT2D eigenvalue weighted by Crippen LogP contribution is -2.10. The van der Waals surface area contributed by atoms with Crippen molar-refractivity contribution < 1.29 is 5.11 Å². The Morgan fingerprint density at radius 3 is 2.15 bits per heavy atom. The van der Waals surface area contributed by atoms with Crippen molar-refractivity contribution in [2.75, 3.05) is 0 Å². The van der Waals surface area contributed by atoms with Gasteiger partial charge in [-0.2, -0.15) is 0 Å². The summed E-state index contributed by atoms with van der Waals surface area (Å²) in [5.41, 5.74) is 2.36. The Bertz CT molecular complexity index is 553. The van der Waals surface area contributed by atoms with Crippen LogP contribution < -0.4 is 0 Å². The second-order valence-electron chi connectivity index (χ2n) is 5.98. The number of hydrogen-bond donors (Lipinski definition) is 1. The van der Waals surface area contributed by atoms with E-state index in [1.54, 1.807) is 24.9 Å². The predicted molar refractivity (Wildman–Crippen MR) is 84.1 cm³/mol. The lowest BCUT2D eigenvalue weighted by atomic mass is 9.87. The highest BCUT2D eigenvalue weighted by Crippen LogP contribution is 2.29. The van der Waals surface area contributed by atoms with Crippen LogP contribution in [0.4, 0.5) is 0 Å². The van der Waals surface area contributed by atoms with Crippen LogP contribution in [0.25, 0.3) is 0 Å². The van der Waals surface area contributed by atoms with E-state index < -0.39 is 6.10 Å². The van der Waals surface area contributed by atoms with Gasteiger partial charge in [0.05, 0.1) is 6.10 Å². The highest BCUT2D eigenvalue weighted by atomic mass is 32.2. The van der Waals surface area contributed by atoms with Crippen molar-refractivity contribution in [1.82, 2.24) is 4.98 Å². The van der Waals surface area contributed by atoms with Crippen LogP contribution in [0, 0.1) is 0 Å². The van der Waals surface area contributed by atoms with Crippen LogP contribution in [0.2, 0.25) is 0 Å². The van der Waals surface area contributed by atoms with E-state index in [2.05, 4.69) is 50.0 Å². The molecule has 0 amide bonds. The van der Waals surface area contributed by atoms with Gasteiger partial charge in [-0.1, -0.05) is 50.7 Å². The number of aromatic nitrogens is 1. The zero-order valence-corrected chi connectivity index (χ0v) is 13.2. The molecule has 1 N–H and O–H groups in total. The van der Waals surface area contributed by atoms with Gasteiger partial charge in [0.15, 0.2) is 0 Å². The van der Waals surface area contributed by atoms with E-state index in [9.17, 15) is 5.11 Å². The van der Waals surface area contributed by atoms with Gasteiger partial charge in [0.1, 0.15) is 5.03 Å². The van der Waals surface area contributed by atoms with Crippen LogP contribution in [0.5, 0.6) is 0 Å². The molecule has 1 heterocycles. The summed E-state index contributed by atoms with van der Waals surface area (Å²) in [7, 11) is 0. The summed E-state index contributed by atoms with van der Waals surface area (Å²) >= 11 is 1.63. The average molecular weight is 287 g/mol. The number of nitrogens with zero attached hydrogens (tertiary/aromatic N) is 1. The molecule has 0 saturated heterocycles. The molecule has 1 atom stereocenters. The molecule has 0 unspecified atom stereocenters. The summed E-state index contributed by atoms with van der Waals surface area (Å²) in [5.74, 6) is 0. The third-order valence-electron chi connectivity index (χ3n) is 3.18. The molecule has 0 saturated carbocycles. The molecule has 1 aromatic heterocycles. The molecular formula is C17H21NOS. The van der Waals surface area contributed by atoms with Crippen LogP contribution in [-0.2, 0) is 5.41 Å². The second-order valence-corrected chi connectivity index (χ2v) is 7.08. The van der Waals surface area contributed by atoms with Crippen LogP contribution in [0.1, 0.15) is 44.9 Å². The Morgan fingerprint density at radius 1 is 1.05 bits per heavy atom. The summed E-state index contributed by atoms with van der Waals surface area (Å²) < 4.78 is 0. The maximum absolute atomic E-state index is 9.46. The Hall–Kier alpha value is -1.32. The maximum atomic E-state index is 9.46. The molecule has 0 radical (unpaired) electrons. The van der Waals surface area contributed by atoms with Gasteiger partial charge < -0.3 is 5.11 Å². The molecule has 0 aliphatic heterocycles. The van der Waals surface area contributed by atoms with Crippen molar-refractivity contribution >= 4 is 11.8 Å². The minimum absolute atomic E-state index is 0.181. The van der Waals surface area contributed by atoms with Crippen molar-refractivity contribution in [1.29, 1.82) is 0 Å². The molecule has 2 rings (SSSR count). The first-order valence-corrected chi connectivity index (χ1v) is 7.60. The standard InChI is InChI=1S/C17H21NOS/c1-12(19)13-5-10-16(18-11-13)20-15-8-6-14(7-9-15)17(2,3)4/h5-12,19H,1-4H3/t12-/m1/s1. The van der Waals surface area contributed by atoms with Crippen LogP contribution >= 0.6 is 11.8 Å². The van der Waals surface area contributed by atoms with E-state index in [1.807, 2.05) is 12.1 Å². The lowest BCUT2D eigenvalue weighted by molar-refractivity contribution is 0.198. The molecule has 0 aliphatic carbocycles. The molecule has 0 aliphatic rings. The smallest absolute Gasteiger partial charge is 0.101 e. The van der Waals surface area contributed by atoms with E-state index in [1.165, 1.54) is 10.5 Å². The van der Waals surface area contributed by atoms with Crippen molar-refractivity contribution in [2.45, 2.75) is 49.1 Å². The van der Waals surface area contributed by atoms with E-state index in [0.717, 1.165) is 10.6 Å². The number of hydrogen-bond acceptors (Lipinski definition) is 3. The van der Waals surface area contributed by atoms with Gasteiger partial charge in [-0.25, -0.2) is 4.98 Å². The zero-order valence-electron chi connectivity index (χ0n) is 12.4. The van der Waals surface area contributed by atoms with Gasteiger partial charge in [0.25, 0.3) is 0 Å². The molecule has 0 spiro atoms. The Morgan fingerprint density at radius 2 is 1.70 bits per heavy atom. The predicted octanol–water partition coefficient (Wildman–Crippen LogP) is 4.58. The summed E-state index contributed by atoms with van der Waals surface area (Å²) in [6, 6.07) is 12.5. The van der Waals surface area contributed by atoms with Crippen LogP contribution in [0.3, 0.4) is 0 Å². The fraction of sp³-hybridized carbons (Fsp3) is 0.353. The lowest BCUT2D eigenvalue weighted by Gasteiger charge is -2.19. The van der Waals surface area contributed by atoms with Crippen molar-refractivity contribution in [3.63, 3.8) is 0 Å². The highest BCUT2D eigenvalue weighted by molar-refractivity contribution is 7.99. The normalized spacial score (nSPS) is 13.2. The fourth-order valence-electron chi connectivity index (χ4n) is 1.84. The molecular weight excluding hydrogens is 266 g/mol. The molecule has 0 bridgehead atoms. The minimum atomic E-state index is -0.465. The summed E-state index contributed by atoms with van der Waals surface area (Å²) in [6.45, 7) is 8.39. The van der Waals surface area contributed by atoms with E-state index in [-0.39, 0.29) is 5.41 Å². The second kappa shape index (κ2) is 5.98. The Kier molecular flexibility index (Phi) is 4.51. The zero-order chi connectivity index (χ0) is 14.8. The highest BCUT2D eigenvalue weighted by Gasteiger charge is 2.13. The van der Waals surface area contributed by atoms with Crippen LogP contribution in [-0.4, -0.2) is 10.1 Å². The first-order chi connectivity index (χ1) is 9.36. The molecule has 2 aromatic rings. The largest absolute Gasteiger partial charge is 0.389 e. The molecule has 106 valence electrons. The van der Waals surface area contributed by atoms with E-state index >= 15 is 0 Å². The fourth-order valence-corrected chi connectivity index (χ4v) is 2.60. The number of aliphatic hydroxyl groups is 1. The quantitative estimate of drug-likeness (QED) is 0.896. The molecule has 1 aromatic carbocycles. The van der Waals surface area contributed by atoms with Gasteiger partial charge in [0, 0.05) is 11.1 Å². The van der Waals surface area contributed by atoms with E-state index in [0.29, 0.717) is 0 Å². The van der Waals surface area contributed by atoms with Gasteiger partial charge in [0.2, 0.25) is 0 Å².